The van der Waals surface area contributed by atoms with Crippen LogP contribution in [-0.2, 0) is 16.0 Å². The van der Waals surface area contributed by atoms with E-state index in [1.807, 2.05) is 38.1 Å². The molecule has 1 unspecified atom stereocenters. The van der Waals surface area contributed by atoms with Crippen LogP contribution >= 0.6 is 11.6 Å². The van der Waals surface area contributed by atoms with Gasteiger partial charge in [-0.2, -0.15) is 0 Å². The normalized spacial score (nSPS) is 13.2. The highest BCUT2D eigenvalue weighted by molar-refractivity contribution is 6.30. The molecule has 0 spiro atoms. The lowest BCUT2D eigenvalue weighted by molar-refractivity contribution is -0.156. The minimum absolute atomic E-state index is 0.177. The molecule has 0 aliphatic carbocycles. The van der Waals surface area contributed by atoms with Gasteiger partial charge in [0.15, 0.2) is 0 Å². The van der Waals surface area contributed by atoms with E-state index in [-0.39, 0.29) is 18.4 Å². The van der Waals surface area contributed by atoms with Gasteiger partial charge in [0.05, 0.1) is 6.42 Å². The van der Waals surface area contributed by atoms with Crippen LogP contribution < -0.4 is 5.73 Å². The van der Waals surface area contributed by atoms with Gasteiger partial charge in [-0.3, -0.25) is 4.79 Å². The van der Waals surface area contributed by atoms with Crippen LogP contribution in [0.4, 0.5) is 0 Å². The van der Waals surface area contributed by atoms with E-state index in [1.165, 1.54) is 0 Å². The second kappa shape index (κ2) is 6.21. The van der Waals surface area contributed by atoms with Gasteiger partial charge >= 0.3 is 5.97 Å². The maximum Gasteiger partial charge on any atom is 0.307 e. The van der Waals surface area contributed by atoms with Crippen molar-refractivity contribution in [2.75, 3.05) is 0 Å². The molecule has 0 aromatic heterocycles. The zero-order valence-corrected chi connectivity index (χ0v) is 11.8. The van der Waals surface area contributed by atoms with E-state index in [9.17, 15) is 4.79 Å². The molecule has 0 amide bonds. The smallest absolute Gasteiger partial charge is 0.307 e. The van der Waals surface area contributed by atoms with Gasteiger partial charge in [-0.1, -0.05) is 23.7 Å². The van der Waals surface area contributed by atoms with Crippen LogP contribution in [0.25, 0.3) is 0 Å². The Bertz CT molecular complexity index is 399. The lowest BCUT2D eigenvalue weighted by atomic mass is 9.98. The molecule has 0 saturated heterocycles. The Morgan fingerprint density at radius 3 is 2.44 bits per heavy atom. The molecule has 0 saturated carbocycles. The fourth-order valence-corrected chi connectivity index (χ4v) is 1.87. The zero-order valence-electron chi connectivity index (χ0n) is 11.1. The van der Waals surface area contributed by atoms with Gasteiger partial charge < -0.3 is 10.5 Å². The molecule has 1 rings (SSSR count). The van der Waals surface area contributed by atoms with Gasteiger partial charge in [0.25, 0.3) is 0 Å². The van der Waals surface area contributed by atoms with Crippen molar-refractivity contribution in [2.45, 2.75) is 45.3 Å². The van der Waals surface area contributed by atoms with Crippen molar-refractivity contribution in [3.05, 3.63) is 34.9 Å². The molecular weight excluding hydrogens is 250 g/mol. The third-order valence-electron chi connectivity index (χ3n) is 2.42. The quantitative estimate of drug-likeness (QED) is 0.836. The van der Waals surface area contributed by atoms with Gasteiger partial charge in [0, 0.05) is 17.5 Å². The summed E-state index contributed by atoms with van der Waals surface area (Å²) in [5.41, 5.74) is 6.11. The molecule has 0 heterocycles. The van der Waals surface area contributed by atoms with Gasteiger partial charge in [-0.15, -0.1) is 0 Å². The predicted molar refractivity (Wildman–Crippen MR) is 73.6 cm³/mol. The summed E-state index contributed by atoms with van der Waals surface area (Å²) in [5, 5.41) is 0.700. The van der Waals surface area contributed by atoms with Crippen LogP contribution in [0.15, 0.2) is 24.3 Å². The fraction of sp³-hybridized carbons (Fsp3) is 0.500. The zero-order chi connectivity index (χ0) is 13.8. The Hall–Kier alpha value is -1.06. The van der Waals surface area contributed by atoms with Crippen LogP contribution in [-0.4, -0.2) is 17.6 Å². The van der Waals surface area contributed by atoms with E-state index in [4.69, 9.17) is 22.1 Å². The first kappa shape index (κ1) is 15.0. The fourth-order valence-electron chi connectivity index (χ4n) is 1.74. The number of halogens is 1. The molecule has 1 aromatic rings. The average Bonchev–Trinajstić information content (AvgIpc) is 2.18. The number of ether oxygens (including phenoxy) is 1. The van der Waals surface area contributed by atoms with Crippen molar-refractivity contribution >= 4 is 17.6 Å². The molecule has 3 nitrogen and oxygen atoms in total. The van der Waals surface area contributed by atoms with Crippen molar-refractivity contribution in [1.82, 2.24) is 0 Å². The predicted octanol–water partition coefficient (Wildman–Crippen LogP) is 2.94. The first-order chi connectivity index (χ1) is 8.28. The number of carbonyl (C=O) groups is 1. The maximum absolute atomic E-state index is 11.6. The third-order valence-corrected chi connectivity index (χ3v) is 2.67. The molecule has 4 heteroatoms. The van der Waals surface area contributed by atoms with Crippen LogP contribution in [0.5, 0.6) is 0 Å². The Labute approximate surface area is 113 Å². The van der Waals surface area contributed by atoms with Crippen molar-refractivity contribution in [3.63, 3.8) is 0 Å². The van der Waals surface area contributed by atoms with Crippen LogP contribution in [0.3, 0.4) is 0 Å². The molecule has 1 aromatic carbocycles. The topological polar surface area (TPSA) is 52.3 Å². The van der Waals surface area contributed by atoms with E-state index < -0.39 is 5.60 Å². The number of benzene rings is 1. The summed E-state index contributed by atoms with van der Waals surface area (Å²) >= 11 is 5.83. The van der Waals surface area contributed by atoms with E-state index >= 15 is 0 Å². The Kier molecular flexibility index (Phi) is 5.17. The number of hydrogen-bond acceptors (Lipinski definition) is 3. The van der Waals surface area contributed by atoms with Crippen LogP contribution in [0.2, 0.25) is 5.02 Å². The molecular formula is C14H20ClNO2. The third kappa shape index (κ3) is 5.52. The van der Waals surface area contributed by atoms with E-state index in [2.05, 4.69) is 0 Å². The van der Waals surface area contributed by atoms with Crippen LogP contribution in [0, 0.1) is 0 Å². The van der Waals surface area contributed by atoms with Crippen LogP contribution in [0.1, 0.15) is 32.8 Å². The molecule has 1 atom stereocenters. The molecule has 18 heavy (non-hydrogen) atoms. The molecule has 0 bridgehead atoms. The van der Waals surface area contributed by atoms with Gasteiger partial charge in [0.2, 0.25) is 0 Å². The minimum atomic E-state index is -0.542. The highest BCUT2D eigenvalue weighted by Gasteiger charge is 2.23. The van der Waals surface area contributed by atoms with Crippen molar-refractivity contribution < 1.29 is 9.53 Å². The molecule has 100 valence electrons. The number of rotatable bonds is 5. The summed E-state index contributed by atoms with van der Waals surface area (Å²) < 4.78 is 5.43. The molecule has 0 fully saturated rings. The van der Waals surface area contributed by atoms with Crippen molar-refractivity contribution in [2.24, 2.45) is 5.73 Å². The molecule has 0 aliphatic rings. The average molecular weight is 270 g/mol. The highest BCUT2D eigenvalue weighted by Crippen LogP contribution is 2.19. The number of hydrogen-bond donors (Lipinski definition) is 1. The summed E-state index contributed by atoms with van der Waals surface area (Å²) in [4.78, 5) is 11.6. The highest BCUT2D eigenvalue weighted by atomic mass is 35.5. The Morgan fingerprint density at radius 1 is 1.39 bits per heavy atom. The van der Waals surface area contributed by atoms with E-state index in [0.29, 0.717) is 11.4 Å². The number of carbonyl (C=O) groups excluding carboxylic acids is 1. The van der Waals surface area contributed by atoms with Gasteiger partial charge in [-0.25, -0.2) is 0 Å². The molecule has 0 radical (unpaired) electrons. The first-order valence-electron chi connectivity index (χ1n) is 6.00. The Balaban J connectivity index is 2.58. The lowest BCUT2D eigenvalue weighted by Crippen LogP contribution is -2.33. The van der Waals surface area contributed by atoms with Crippen molar-refractivity contribution in [3.8, 4) is 0 Å². The standard InChI is InChI=1S/C14H20ClNO2/c1-10(16)8-13(17)18-14(2,3)9-11-4-6-12(15)7-5-11/h4-7,10H,8-9,16H2,1-3H3. The van der Waals surface area contributed by atoms with Gasteiger partial charge in [0.1, 0.15) is 5.60 Å². The minimum Gasteiger partial charge on any atom is -0.459 e. The summed E-state index contributed by atoms with van der Waals surface area (Å²) in [7, 11) is 0. The summed E-state index contributed by atoms with van der Waals surface area (Å²) in [6.45, 7) is 5.56. The van der Waals surface area contributed by atoms with Gasteiger partial charge in [-0.05, 0) is 38.5 Å². The molecule has 0 aliphatic heterocycles. The first-order valence-corrected chi connectivity index (χ1v) is 6.38. The summed E-state index contributed by atoms with van der Waals surface area (Å²) in [5.74, 6) is -0.260. The summed E-state index contributed by atoms with van der Waals surface area (Å²) in [6.07, 6.45) is 0.888. The largest absolute Gasteiger partial charge is 0.459 e. The Morgan fingerprint density at radius 2 is 1.94 bits per heavy atom. The van der Waals surface area contributed by atoms with E-state index in [0.717, 1.165) is 5.56 Å². The number of nitrogens with two attached hydrogens (primary N) is 1. The maximum atomic E-state index is 11.6. The molecule has 2 N–H and O–H groups in total. The second-order valence-corrected chi connectivity index (χ2v) is 5.65. The lowest BCUT2D eigenvalue weighted by Gasteiger charge is -2.25. The SMILES string of the molecule is CC(N)CC(=O)OC(C)(C)Cc1ccc(Cl)cc1. The second-order valence-electron chi connectivity index (χ2n) is 5.22. The summed E-state index contributed by atoms with van der Waals surface area (Å²) in [6, 6.07) is 7.35. The number of esters is 1. The monoisotopic (exact) mass is 269 g/mol. The van der Waals surface area contributed by atoms with Crippen molar-refractivity contribution in [1.29, 1.82) is 0 Å². The van der Waals surface area contributed by atoms with E-state index in [1.54, 1.807) is 6.92 Å².